The SMILES string of the molecule is Fc1cc(F)c([B]c2c(F)c(F)cc(F)c2F)c(F)c1. The second-order valence-electron chi connectivity index (χ2n) is 3.81. The van der Waals surface area contributed by atoms with Gasteiger partial charge in [0, 0.05) is 18.2 Å². The Morgan fingerprint density at radius 3 is 1.45 bits per heavy atom. The molecule has 0 saturated heterocycles. The van der Waals surface area contributed by atoms with Crippen molar-refractivity contribution >= 4 is 18.2 Å². The average molecular weight is 291 g/mol. The minimum absolute atomic E-state index is 0.0423. The predicted molar refractivity (Wildman–Crippen MR) is 57.6 cm³/mol. The number of benzene rings is 2. The molecule has 0 N–H and O–H groups in total. The molecule has 2 rings (SSSR count). The third kappa shape index (κ3) is 2.50. The Labute approximate surface area is 109 Å². The summed E-state index contributed by atoms with van der Waals surface area (Å²) >= 11 is 0. The van der Waals surface area contributed by atoms with Crippen molar-refractivity contribution in [2.45, 2.75) is 0 Å². The molecule has 103 valence electrons. The summed E-state index contributed by atoms with van der Waals surface area (Å²) in [6.45, 7) is 0. The van der Waals surface area contributed by atoms with Gasteiger partial charge in [-0.25, -0.2) is 30.7 Å². The number of hydrogen-bond donors (Lipinski definition) is 0. The molecule has 0 saturated carbocycles. The summed E-state index contributed by atoms with van der Waals surface area (Å²) in [5.41, 5.74) is -2.32. The summed E-state index contributed by atoms with van der Waals surface area (Å²) < 4.78 is 91.9. The second-order valence-corrected chi connectivity index (χ2v) is 3.81. The molecule has 2 aromatic carbocycles. The molecule has 0 unspecified atom stereocenters. The van der Waals surface area contributed by atoms with Crippen molar-refractivity contribution in [3.8, 4) is 0 Å². The van der Waals surface area contributed by atoms with Crippen LogP contribution < -0.4 is 10.9 Å². The normalized spacial score (nSPS) is 10.8. The van der Waals surface area contributed by atoms with Crippen molar-refractivity contribution in [1.29, 1.82) is 0 Å². The van der Waals surface area contributed by atoms with Gasteiger partial charge in [-0.15, -0.1) is 0 Å². The zero-order chi connectivity index (χ0) is 15.0. The van der Waals surface area contributed by atoms with Gasteiger partial charge < -0.3 is 0 Å². The molecule has 0 heterocycles. The van der Waals surface area contributed by atoms with E-state index >= 15 is 0 Å². The van der Waals surface area contributed by atoms with Crippen LogP contribution in [-0.2, 0) is 0 Å². The highest BCUT2D eigenvalue weighted by atomic mass is 19.2. The van der Waals surface area contributed by atoms with Crippen LogP contribution in [0.2, 0.25) is 0 Å². The fourth-order valence-corrected chi connectivity index (χ4v) is 1.55. The first-order chi connectivity index (χ1) is 9.31. The van der Waals surface area contributed by atoms with Crippen LogP contribution in [0, 0.1) is 40.7 Å². The minimum Gasteiger partial charge on any atom is -0.207 e. The molecule has 0 bridgehead atoms. The van der Waals surface area contributed by atoms with E-state index in [1.165, 1.54) is 0 Å². The number of hydrogen-bond acceptors (Lipinski definition) is 0. The fourth-order valence-electron chi connectivity index (χ4n) is 1.55. The molecule has 2 aromatic rings. The Kier molecular flexibility index (Phi) is 3.74. The molecule has 0 aliphatic rings. The Bertz CT molecular complexity index is 635. The molecule has 0 aromatic heterocycles. The summed E-state index contributed by atoms with van der Waals surface area (Å²) in [5.74, 6) is -11.3. The van der Waals surface area contributed by atoms with Crippen LogP contribution >= 0.6 is 0 Å². The molecule has 1 radical (unpaired) electrons. The molecule has 0 aliphatic carbocycles. The van der Waals surface area contributed by atoms with Crippen molar-refractivity contribution in [3.63, 3.8) is 0 Å². The third-order valence-electron chi connectivity index (χ3n) is 2.48. The van der Waals surface area contributed by atoms with E-state index in [0.717, 1.165) is 0 Å². The average Bonchev–Trinajstić information content (AvgIpc) is 2.34. The first-order valence-electron chi connectivity index (χ1n) is 5.13. The topological polar surface area (TPSA) is 0 Å². The van der Waals surface area contributed by atoms with Gasteiger partial charge in [0.25, 0.3) is 0 Å². The van der Waals surface area contributed by atoms with Gasteiger partial charge in [-0.3, -0.25) is 0 Å². The van der Waals surface area contributed by atoms with Crippen LogP contribution in [0.5, 0.6) is 0 Å². The van der Waals surface area contributed by atoms with Crippen molar-refractivity contribution in [2.75, 3.05) is 0 Å². The lowest BCUT2D eigenvalue weighted by molar-refractivity contribution is 0.463. The predicted octanol–water partition coefficient (Wildman–Crippen LogP) is 2.32. The highest BCUT2D eigenvalue weighted by Crippen LogP contribution is 2.11. The van der Waals surface area contributed by atoms with Crippen LogP contribution in [0.15, 0.2) is 18.2 Å². The Morgan fingerprint density at radius 1 is 0.550 bits per heavy atom. The lowest BCUT2D eigenvalue weighted by atomic mass is 9.63. The minimum atomic E-state index is -1.81. The fraction of sp³-hybridized carbons (Fsp3) is 0. The van der Waals surface area contributed by atoms with Crippen molar-refractivity contribution in [2.24, 2.45) is 0 Å². The first kappa shape index (κ1) is 14.4. The summed E-state index contributed by atoms with van der Waals surface area (Å²) in [5, 5.41) is 0. The van der Waals surface area contributed by atoms with Gasteiger partial charge in [-0.05, 0) is 10.9 Å². The van der Waals surface area contributed by atoms with E-state index in [1.54, 1.807) is 0 Å². The Morgan fingerprint density at radius 2 is 1.00 bits per heavy atom. The van der Waals surface area contributed by atoms with Crippen LogP contribution in [0.1, 0.15) is 0 Å². The molecule has 0 spiro atoms. The number of rotatable bonds is 2. The first-order valence-corrected chi connectivity index (χ1v) is 5.13. The zero-order valence-corrected chi connectivity index (χ0v) is 9.46. The molecular weight excluding hydrogens is 288 g/mol. The molecule has 0 fully saturated rings. The maximum Gasteiger partial charge on any atom is 0.207 e. The third-order valence-corrected chi connectivity index (χ3v) is 2.48. The van der Waals surface area contributed by atoms with Crippen molar-refractivity contribution < 1.29 is 30.7 Å². The van der Waals surface area contributed by atoms with E-state index in [2.05, 4.69) is 0 Å². The van der Waals surface area contributed by atoms with Gasteiger partial charge in [0.2, 0.25) is 7.28 Å². The van der Waals surface area contributed by atoms with Gasteiger partial charge >= 0.3 is 0 Å². The van der Waals surface area contributed by atoms with Crippen molar-refractivity contribution in [1.82, 2.24) is 0 Å². The number of halogens is 7. The quantitative estimate of drug-likeness (QED) is 0.452. The highest BCUT2D eigenvalue weighted by Gasteiger charge is 2.23. The van der Waals surface area contributed by atoms with Crippen LogP contribution in [-0.4, -0.2) is 7.28 Å². The Hall–Kier alpha value is -1.99. The van der Waals surface area contributed by atoms with E-state index in [9.17, 15) is 30.7 Å². The summed E-state index contributed by atoms with van der Waals surface area (Å²) in [6.07, 6.45) is 0. The molecule has 8 heteroatoms. The molecule has 0 nitrogen and oxygen atoms in total. The maximum absolute atomic E-state index is 13.3. The lowest BCUT2D eigenvalue weighted by Crippen LogP contribution is -2.37. The summed E-state index contributed by atoms with van der Waals surface area (Å²) in [7, 11) is 0.223. The van der Waals surface area contributed by atoms with Gasteiger partial charge in [0.15, 0.2) is 23.3 Å². The van der Waals surface area contributed by atoms with Gasteiger partial charge in [-0.2, -0.15) is 0 Å². The summed E-state index contributed by atoms with van der Waals surface area (Å²) in [4.78, 5) is 0. The molecular formula is C12H3BF7. The van der Waals surface area contributed by atoms with E-state index in [4.69, 9.17) is 0 Å². The lowest BCUT2D eigenvalue weighted by Gasteiger charge is -2.08. The highest BCUT2D eigenvalue weighted by molar-refractivity contribution is 6.67. The van der Waals surface area contributed by atoms with E-state index in [1.807, 2.05) is 0 Å². The zero-order valence-electron chi connectivity index (χ0n) is 9.46. The van der Waals surface area contributed by atoms with E-state index in [-0.39, 0.29) is 25.5 Å². The second kappa shape index (κ2) is 5.18. The molecule has 20 heavy (non-hydrogen) atoms. The van der Waals surface area contributed by atoms with E-state index < -0.39 is 51.6 Å². The smallest absolute Gasteiger partial charge is 0.207 e. The standard InChI is InChI=1S/C12H3BF7/c14-4-1-5(15)9(6(16)2-4)13-10-11(19)7(17)3-8(18)12(10)20/h1-3H. The molecule has 0 aliphatic heterocycles. The van der Waals surface area contributed by atoms with Gasteiger partial charge in [0.1, 0.15) is 17.5 Å². The van der Waals surface area contributed by atoms with Crippen LogP contribution in [0.25, 0.3) is 0 Å². The maximum atomic E-state index is 13.3. The van der Waals surface area contributed by atoms with Gasteiger partial charge in [-0.1, -0.05) is 0 Å². The Balaban J connectivity index is 2.56. The monoisotopic (exact) mass is 291 g/mol. The largest absolute Gasteiger partial charge is 0.207 e. The van der Waals surface area contributed by atoms with Crippen molar-refractivity contribution in [3.05, 3.63) is 58.9 Å². The summed E-state index contributed by atoms with van der Waals surface area (Å²) in [6, 6.07) is 0.486. The molecule has 0 amide bonds. The van der Waals surface area contributed by atoms with Crippen LogP contribution in [0.4, 0.5) is 30.7 Å². The van der Waals surface area contributed by atoms with Gasteiger partial charge in [0.05, 0.1) is 0 Å². The molecule has 0 atom stereocenters. The van der Waals surface area contributed by atoms with Crippen LogP contribution in [0.3, 0.4) is 0 Å². The van der Waals surface area contributed by atoms with E-state index in [0.29, 0.717) is 0 Å².